The summed E-state index contributed by atoms with van der Waals surface area (Å²) >= 11 is 0. The number of benzene rings is 1. The number of hydrogen-bond acceptors (Lipinski definition) is 8. The van der Waals surface area contributed by atoms with E-state index in [0.717, 1.165) is 59.1 Å². The molecule has 0 bridgehead atoms. The minimum Gasteiger partial charge on any atom is -0.443 e. The average Bonchev–Trinajstić information content (AvgIpc) is 3.23. The number of fused-ring (bicyclic) bond motifs is 1. The second kappa shape index (κ2) is 9.82. The van der Waals surface area contributed by atoms with Crippen molar-refractivity contribution in [2.24, 2.45) is 0 Å². The largest absolute Gasteiger partial charge is 0.443 e. The molecule has 192 valence electrons. The van der Waals surface area contributed by atoms with Gasteiger partial charge in [-0.25, -0.2) is 14.7 Å². The van der Waals surface area contributed by atoms with Gasteiger partial charge in [0.1, 0.15) is 11.4 Å². The van der Waals surface area contributed by atoms with Crippen molar-refractivity contribution in [1.29, 1.82) is 0 Å². The lowest BCUT2D eigenvalue weighted by Gasteiger charge is -2.34. The predicted molar refractivity (Wildman–Crippen MR) is 143 cm³/mol. The molecule has 1 N–H and O–H groups in total. The zero-order chi connectivity index (χ0) is 26.2. The summed E-state index contributed by atoms with van der Waals surface area (Å²) in [4.78, 5) is 41.0. The second-order valence-corrected chi connectivity index (χ2v) is 10.4. The van der Waals surface area contributed by atoms with Crippen molar-refractivity contribution in [3.05, 3.63) is 66.1 Å². The van der Waals surface area contributed by atoms with E-state index in [1.54, 1.807) is 39.4 Å². The van der Waals surface area contributed by atoms with Gasteiger partial charge in [0.25, 0.3) is 5.91 Å². The number of aromatic nitrogens is 2. The zero-order valence-electron chi connectivity index (χ0n) is 21.7. The number of carbonyl (C=O) groups excluding carboxylic acids is 2. The highest BCUT2D eigenvalue weighted by atomic mass is 16.6. The molecule has 2 aliphatic heterocycles. The van der Waals surface area contributed by atoms with Crippen molar-refractivity contribution in [3.8, 4) is 11.1 Å². The molecule has 3 aromatic rings. The van der Waals surface area contributed by atoms with Gasteiger partial charge in [-0.2, -0.15) is 0 Å². The van der Waals surface area contributed by atoms with Gasteiger partial charge in [0, 0.05) is 61.7 Å². The van der Waals surface area contributed by atoms with E-state index in [9.17, 15) is 9.59 Å². The van der Waals surface area contributed by atoms with Crippen LogP contribution >= 0.6 is 0 Å². The van der Waals surface area contributed by atoms with Crippen LogP contribution in [0.1, 0.15) is 36.7 Å². The van der Waals surface area contributed by atoms with Gasteiger partial charge in [0.15, 0.2) is 0 Å². The number of ether oxygens (including phenoxy) is 1. The molecular formula is C28H32N6O3. The number of imide groups is 1. The smallest absolute Gasteiger partial charge is 0.417 e. The van der Waals surface area contributed by atoms with Crippen LogP contribution in [-0.4, -0.2) is 70.6 Å². The number of pyridine rings is 2. The SMILES string of the molecule is CN1CCN(c2ccc(Nc3ncc(-c4ccncc4)c4c3C(=O)N(C(=O)OC(C)(C)C)C4)cc2)CC1. The van der Waals surface area contributed by atoms with Crippen LogP contribution in [0.3, 0.4) is 0 Å². The quantitative estimate of drug-likeness (QED) is 0.559. The summed E-state index contributed by atoms with van der Waals surface area (Å²) < 4.78 is 5.51. The molecular weight excluding hydrogens is 468 g/mol. The molecule has 1 aromatic carbocycles. The molecule has 37 heavy (non-hydrogen) atoms. The lowest BCUT2D eigenvalue weighted by Crippen LogP contribution is -2.44. The van der Waals surface area contributed by atoms with E-state index >= 15 is 0 Å². The summed E-state index contributed by atoms with van der Waals surface area (Å²) in [5.74, 6) is -0.0135. The number of anilines is 3. The second-order valence-electron chi connectivity index (χ2n) is 10.4. The van der Waals surface area contributed by atoms with Crippen LogP contribution < -0.4 is 10.2 Å². The first-order valence-corrected chi connectivity index (χ1v) is 12.5. The van der Waals surface area contributed by atoms with E-state index in [4.69, 9.17) is 4.74 Å². The average molecular weight is 501 g/mol. The van der Waals surface area contributed by atoms with Gasteiger partial charge in [-0.1, -0.05) is 0 Å². The summed E-state index contributed by atoms with van der Waals surface area (Å²) in [5, 5.41) is 3.31. The van der Waals surface area contributed by atoms with E-state index in [0.29, 0.717) is 11.4 Å². The van der Waals surface area contributed by atoms with Crippen molar-refractivity contribution < 1.29 is 14.3 Å². The van der Waals surface area contributed by atoms with Crippen LogP contribution in [0, 0.1) is 0 Å². The Kier molecular flexibility index (Phi) is 6.55. The molecule has 1 fully saturated rings. The topological polar surface area (TPSA) is 90.9 Å². The van der Waals surface area contributed by atoms with E-state index in [1.807, 2.05) is 24.3 Å². The zero-order valence-corrected chi connectivity index (χ0v) is 21.7. The van der Waals surface area contributed by atoms with Crippen LogP contribution in [0.15, 0.2) is 55.0 Å². The summed E-state index contributed by atoms with van der Waals surface area (Å²) in [6, 6.07) is 11.9. The fourth-order valence-electron chi connectivity index (χ4n) is 4.61. The lowest BCUT2D eigenvalue weighted by atomic mass is 10.00. The maximum absolute atomic E-state index is 13.5. The molecule has 2 aromatic heterocycles. The molecule has 0 radical (unpaired) electrons. The molecule has 1 saturated heterocycles. The first-order valence-electron chi connectivity index (χ1n) is 12.5. The fourth-order valence-corrected chi connectivity index (χ4v) is 4.61. The van der Waals surface area contributed by atoms with Crippen LogP contribution in [0.2, 0.25) is 0 Å². The van der Waals surface area contributed by atoms with Crippen molar-refractivity contribution >= 4 is 29.2 Å². The van der Waals surface area contributed by atoms with E-state index in [-0.39, 0.29) is 6.54 Å². The molecule has 2 aliphatic rings. The molecule has 0 atom stereocenters. The van der Waals surface area contributed by atoms with Crippen LogP contribution in [-0.2, 0) is 11.3 Å². The highest BCUT2D eigenvalue weighted by molar-refractivity contribution is 6.11. The molecule has 2 amide bonds. The van der Waals surface area contributed by atoms with Crippen LogP contribution in [0.5, 0.6) is 0 Å². The number of likely N-dealkylation sites (N-methyl/N-ethyl adjacent to an activating group) is 1. The third-order valence-corrected chi connectivity index (χ3v) is 6.57. The van der Waals surface area contributed by atoms with Crippen molar-refractivity contribution in [2.45, 2.75) is 32.9 Å². The Morgan fingerprint density at radius 3 is 2.32 bits per heavy atom. The summed E-state index contributed by atoms with van der Waals surface area (Å²) in [5.41, 5.74) is 4.03. The van der Waals surface area contributed by atoms with Gasteiger partial charge in [-0.15, -0.1) is 0 Å². The Hall–Kier alpha value is -3.98. The number of nitrogens with zero attached hydrogens (tertiary/aromatic N) is 5. The number of piperazine rings is 1. The number of nitrogens with one attached hydrogen (secondary N) is 1. The van der Waals surface area contributed by atoms with Gasteiger partial charge in [-0.3, -0.25) is 9.78 Å². The number of rotatable bonds is 4. The summed E-state index contributed by atoms with van der Waals surface area (Å²) in [7, 11) is 2.14. The molecule has 0 aliphatic carbocycles. The number of hydrogen-bond donors (Lipinski definition) is 1. The van der Waals surface area contributed by atoms with Crippen molar-refractivity contribution in [3.63, 3.8) is 0 Å². The van der Waals surface area contributed by atoms with Gasteiger partial charge < -0.3 is 19.9 Å². The van der Waals surface area contributed by atoms with Crippen molar-refractivity contribution in [2.75, 3.05) is 43.4 Å². The Morgan fingerprint density at radius 2 is 1.68 bits per heavy atom. The molecule has 0 spiro atoms. The molecule has 4 heterocycles. The van der Waals surface area contributed by atoms with Crippen molar-refractivity contribution in [1.82, 2.24) is 19.8 Å². The number of carbonyl (C=O) groups is 2. The monoisotopic (exact) mass is 500 g/mol. The Balaban J connectivity index is 1.45. The lowest BCUT2D eigenvalue weighted by molar-refractivity contribution is 0.0248. The Labute approximate surface area is 217 Å². The first kappa shape index (κ1) is 24.7. The Bertz CT molecular complexity index is 1300. The third-order valence-electron chi connectivity index (χ3n) is 6.57. The number of amides is 2. The first-order chi connectivity index (χ1) is 17.7. The fraction of sp³-hybridized carbons (Fsp3) is 0.357. The van der Waals surface area contributed by atoms with E-state index in [1.165, 1.54) is 0 Å². The molecule has 0 unspecified atom stereocenters. The van der Waals surface area contributed by atoms with Crippen LogP contribution in [0.4, 0.5) is 22.0 Å². The van der Waals surface area contributed by atoms with Gasteiger partial charge in [0.05, 0.1) is 12.1 Å². The van der Waals surface area contributed by atoms with Crippen LogP contribution in [0.25, 0.3) is 11.1 Å². The highest BCUT2D eigenvalue weighted by Gasteiger charge is 2.39. The van der Waals surface area contributed by atoms with E-state index < -0.39 is 17.6 Å². The van der Waals surface area contributed by atoms with Gasteiger partial charge in [-0.05, 0) is 75.3 Å². The summed E-state index contributed by atoms with van der Waals surface area (Å²) in [6.45, 7) is 9.50. The maximum atomic E-state index is 13.5. The molecule has 5 rings (SSSR count). The Morgan fingerprint density at radius 1 is 1.00 bits per heavy atom. The minimum atomic E-state index is -0.717. The normalized spacial score (nSPS) is 16.1. The maximum Gasteiger partial charge on any atom is 0.417 e. The third kappa shape index (κ3) is 5.27. The molecule has 0 saturated carbocycles. The highest BCUT2D eigenvalue weighted by Crippen LogP contribution is 2.37. The standard InChI is InChI=1S/C28H32N6O3/c1-28(2,3)37-27(36)34-18-23-22(19-9-11-29-12-10-19)17-30-25(24(23)26(34)35)31-20-5-7-21(8-6-20)33-15-13-32(4)14-16-33/h5-12,17H,13-16,18H2,1-4H3,(H,30,31). The predicted octanol–water partition coefficient (Wildman–Crippen LogP) is 4.53. The van der Waals surface area contributed by atoms with Gasteiger partial charge in [0.2, 0.25) is 0 Å². The minimum absolute atomic E-state index is 0.111. The van der Waals surface area contributed by atoms with E-state index in [2.05, 4.69) is 44.3 Å². The molecule has 9 nitrogen and oxygen atoms in total. The molecule has 9 heteroatoms. The summed E-state index contributed by atoms with van der Waals surface area (Å²) in [6.07, 6.45) is 4.45. The van der Waals surface area contributed by atoms with Gasteiger partial charge >= 0.3 is 6.09 Å².